The average molecular weight is 218 g/mol. The summed E-state index contributed by atoms with van der Waals surface area (Å²) in [6.45, 7) is -0.829. The molecule has 0 unspecified atom stereocenters. The number of oxime groups is 1. The van der Waals surface area contributed by atoms with Crippen LogP contribution in [0.3, 0.4) is 0 Å². The smallest absolute Gasteiger partial charge is 0.272 e. The van der Waals surface area contributed by atoms with Gasteiger partial charge >= 0.3 is 0 Å². The molecular formula is C7H8F2N4O2. The van der Waals surface area contributed by atoms with Crippen LogP contribution in [0.5, 0.6) is 5.88 Å². The second kappa shape index (κ2) is 5.03. The normalized spacial score (nSPS) is 11.8. The van der Waals surface area contributed by atoms with E-state index < -0.39 is 13.0 Å². The Balaban J connectivity index is 2.87. The number of hydrogen-bond donors (Lipinski definition) is 2. The van der Waals surface area contributed by atoms with Crippen LogP contribution in [-0.2, 0) is 0 Å². The number of hydrogen-bond acceptors (Lipinski definition) is 5. The fourth-order valence-corrected chi connectivity index (χ4v) is 0.796. The number of halogens is 2. The van der Waals surface area contributed by atoms with E-state index in [1.54, 1.807) is 0 Å². The minimum absolute atomic E-state index is 0.0827. The molecule has 1 aromatic rings. The van der Waals surface area contributed by atoms with Crippen molar-refractivity contribution in [2.75, 3.05) is 6.61 Å². The summed E-state index contributed by atoms with van der Waals surface area (Å²) in [5.74, 6) is -0.555. The van der Waals surface area contributed by atoms with Crippen molar-refractivity contribution in [1.29, 1.82) is 0 Å². The van der Waals surface area contributed by atoms with Crippen molar-refractivity contribution < 1.29 is 18.7 Å². The Kier molecular flexibility index (Phi) is 3.72. The maximum absolute atomic E-state index is 11.9. The van der Waals surface area contributed by atoms with Crippen LogP contribution in [-0.4, -0.2) is 34.0 Å². The topological polar surface area (TPSA) is 93.6 Å². The van der Waals surface area contributed by atoms with E-state index in [1.165, 1.54) is 12.4 Å². The molecule has 0 aliphatic carbocycles. The van der Waals surface area contributed by atoms with Gasteiger partial charge < -0.3 is 15.7 Å². The molecule has 0 atom stereocenters. The van der Waals surface area contributed by atoms with Gasteiger partial charge in [0.05, 0.1) is 0 Å². The van der Waals surface area contributed by atoms with Crippen LogP contribution in [0.15, 0.2) is 17.5 Å². The first kappa shape index (κ1) is 11.1. The Morgan fingerprint density at radius 1 is 1.53 bits per heavy atom. The molecule has 8 heteroatoms. The average Bonchev–Trinajstić information content (AvgIpc) is 2.25. The lowest BCUT2D eigenvalue weighted by Crippen LogP contribution is -2.19. The quantitative estimate of drug-likeness (QED) is 0.326. The zero-order chi connectivity index (χ0) is 11.3. The fraction of sp³-hybridized carbons (Fsp3) is 0.286. The van der Waals surface area contributed by atoms with E-state index >= 15 is 0 Å². The standard InChI is InChI=1S/C7H8F2N4O2/c8-4(9)3-15-7-5(6(10)13-14)11-1-2-12-7/h1-2,4,14H,3H2,(H2,10,13). The van der Waals surface area contributed by atoms with E-state index in [4.69, 9.17) is 10.9 Å². The van der Waals surface area contributed by atoms with Crippen molar-refractivity contribution >= 4 is 5.84 Å². The predicted molar refractivity (Wildman–Crippen MR) is 46.0 cm³/mol. The summed E-state index contributed by atoms with van der Waals surface area (Å²) < 4.78 is 28.3. The van der Waals surface area contributed by atoms with Crippen molar-refractivity contribution in [3.8, 4) is 5.88 Å². The molecule has 1 heterocycles. The molecule has 0 amide bonds. The first-order valence-corrected chi connectivity index (χ1v) is 3.85. The molecule has 0 saturated heterocycles. The number of nitrogens with zero attached hydrogens (tertiary/aromatic N) is 3. The molecule has 1 aromatic heterocycles. The molecule has 0 spiro atoms. The van der Waals surface area contributed by atoms with Gasteiger partial charge in [-0.25, -0.2) is 18.7 Å². The maximum Gasteiger partial charge on any atom is 0.272 e. The molecule has 0 aliphatic heterocycles. The lowest BCUT2D eigenvalue weighted by atomic mass is 10.4. The van der Waals surface area contributed by atoms with Crippen LogP contribution in [0.25, 0.3) is 0 Å². The zero-order valence-corrected chi connectivity index (χ0v) is 7.47. The molecule has 3 N–H and O–H groups in total. The third-order valence-electron chi connectivity index (χ3n) is 1.36. The van der Waals surface area contributed by atoms with Crippen LogP contribution in [0, 0.1) is 0 Å². The summed E-state index contributed by atoms with van der Waals surface area (Å²) in [5.41, 5.74) is 5.15. The Morgan fingerprint density at radius 3 is 2.80 bits per heavy atom. The molecular weight excluding hydrogens is 210 g/mol. The molecule has 0 aliphatic rings. The summed E-state index contributed by atoms with van der Waals surface area (Å²) in [6, 6.07) is 0. The molecule has 6 nitrogen and oxygen atoms in total. The highest BCUT2D eigenvalue weighted by molar-refractivity contribution is 5.97. The first-order valence-electron chi connectivity index (χ1n) is 3.85. The first-order chi connectivity index (χ1) is 7.15. The number of aromatic nitrogens is 2. The lowest BCUT2D eigenvalue weighted by Gasteiger charge is -2.06. The summed E-state index contributed by atoms with van der Waals surface area (Å²) >= 11 is 0. The molecule has 0 fully saturated rings. The number of nitrogens with two attached hydrogens (primary N) is 1. The second-order valence-electron chi connectivity index (χ2n) is 2.40. The highest BCUT2D eigenvalue weighted by Crippen LogP contribution is 2.11. The van der Waals surface area contributed by atoms with E-state index in [-0.39, 0.29) is 17.4 Å². The van der Waals surface area contributed by atoms with Gasteiger partial charge in [0.2, 0.25) is 5.88 Å². The minimum atomic E-state index is -2.63. The van der Waals surface area contributed by atoms with Crippen LogP contribution >= 0.6 is 0 Å². The van der Waals surface area contributed by atoms with Gasteiger partial charge in [0.15, 0.2) is 18.1 Å². The molecule has 1 rings (SSSR count). The summed E-state index contributed by atoms with van der Waals surface area (Å²) in [4.78, 5) is 7.31. The second-order valence-corrected chi connectivity index (χ2v) is 2.40. The lowest BCUT2D eigenvalue weighted by molar-refractivity contribution is 0.0792. The number of ether oxygens (including phenoxy) is 1. The van der Waals surface area contributed by atoms with Gasteiger partial charge in [-0.2, -0.15) is 0 Å². The highest BCUT2D eigenvalue weighted by atomic mass is 19.3. The van der Waals surface area contributed by atoms with Gasteiger partial charge in [-0.15, -0.1) is 0 Å². The van der Waals surface area contributed by atoms with Crippen LogP contribution in [0.1, 0.15) is 5.69 Å². The van der Waals surface area contributed by atoms with Gasteiger partial charge in [0.25, 0.3) is 6.43 Å². The Hall–Kier alpha value is -1.99. The fourth-order valence-electron chi connectivity index (χ4n) is 0.796. The van der Waals surface area contributed by atoms with E-state index in [2.05, 4.69) is 19.9 Å². The van der Waals surface area contributed by atoms with E-state index in [1.807, 2.05) is 0 Å². The van der Waals surface area contributed by atoms with E-state index in [0.29, 0.717) is 0 Å². The van der Waals surface area contributed by atoms with Gasteiger partial charge in [-0.05, 0) is 0 Å². The highest BCUT2D eigenvalue weighted by Gasteiger charge is 2.13. The monoisotopic (exact) mass is 218 g/mol. The zero-order valence-electron chi connectivity index (χ0n) is 7.47. The van der Waals surface area contributed by atoms with Crippen LogP contribution in [0.4, 0.5) is 8.78 Å². The molecule has 0 saturated carbocycles. The van der Waals surface area contributed by atoms with E-state index in [9.17, 15) is 8.78 Å². The molecule has 0 aromatic carbocycles. The largest absolute Gasteiger partial charge is 0.470 e. The third kappa shape index (κ3) is 3.01. The van der Waals surface area contributed by atoms with Gasteiger partial charge in [-0.1, -0.05) is 5.16 Å². The van der Waals surface area contributed by atoms with Crippen LogP contribution < -0.4 is 10.5 Å². The van der Waals surface area contributed by atoms with Gasteiger partial charge in [0.1, 0.15) is 0 Å². The number of rotatable bonds is 4. The van der Waals surface area contributed by atoms with E-state index in [0.717, 1.165) is 0 Å². The molecule has 0 radical (unpaired) electrons. The molecule has 15 heavy (non-hydrogen) atoms. The third-order valence-corrected chi connectivity index (χ3v) is 1.36. The predicted octanol–water partition coefficient (Wildman–Crippen LogP) is 0.215. The summed E-state index contributed by atoms with van der Waals surface area (Å²) in [7, 11) is 0. The van der Waals surface area contributed by atoms with Crippen molar-refractivity contribution in [2.45, 2.75) is 6.43 Å². The molecule has 0 bridgehead atoms. The number of alkyl halides is 2. The number of amidine groups is 1. The minimum Gasteiger partial charge on any atom is -0.470 e. The maximum atomic E-state index is 11.9. The SMILES string of the molecule is NC(=NO)c1nccnc1OCC(F)F. The van der Waals surface area contributed by atoms with Crippen molar-refractivity contribution in [3.05, 3.63) is 18.1 Å². The van der Waals surface area contributed by atoms with Gasteiger partial charge in [-0.3, -0.25) is 0 Å². The van der Waals surface area contributed by atoms with Crippen molar-refractivity contribution in [3.63, 3.8) is 0 Å². The van der Waals surface area contributed by atoms with Crippen molar-refractivity contribution in [1.82, 2.24) is 9.97 Å². The Labute approximate surface area is 83.4 Å². The van der Waals surface area contributed by atoms with Crippen LogP contribution in [0.2, 0.25) is 0 Å². The van der Waals surface area contributed by atoms with Gasteiger partial charge in [0, 0.05) is 12.4 Å². The summed E-state index contributed by atoms with van der Waals surface area (Å²) in [6.07, 6.45) is -0.121. The van der Waals surface area contributed by atoms with Crippen molar-refractivity contribution in [2.24, 2.45) is 10.9 Å². The molecule has 82 valence electrons. The summed E-state index contributed by atoms with van der Waals surface area (Å²) in [5, 5.41) is 11.1. The Morgan fingerprint density at radius 2 is 2.20 bits per heavy atom. The Bertz CT molecular complexity index is 359.